The Hall–Kier alpha value is -0.390. The van der Waals surface area contributed by atoms with Crippen LogP contribution in [0.4, 0.5) is 0 Å². The first-order valence-electron chi connectivity index (χ1n) is 7.00. The van der Waals surface area contributed by atoms with Gasteiger partial charge in [0.2, 0.25) is 0 Å². The normalized spacial score (nSPS) is 13.6. The molecule has 126 valence electrons. The van der Waals surface area contributed by atoms with Crippen molar-refractivity contribution in [2.24, 2.45) is 0 Å². The molecule has 0 fully saturated rings. The Morgan fingerprint density at radius 1 is 1.27 bits per heavy atom. The van der Waals surface area contributed by atoms with Crippen molar-refractivity contribution < 1.29 is 23.1 Å². The molecule has 0 N–H and O–H groups in total. The van der Waals surface area contributed by atoms with Gasteiger partial charge in [0, 0.05) is 4.88 Å². The Balaban J connectivity index is 2.96. The van der Waals surface area contributed by atoms with E-state index in [9.17, 15) is 9.36 Å². The first-order chi connectivity index (χ1) is 10.3. The van der Waals surface area contributed by atoms with Crippen LogP contribution in [-0.2, 0) is 23.1 Å². The molecule has 1 aromatic rings. The van der Waals surface area contributed by atoms with E-state index in [1.165, 1.54) is 11.3 Å². The molecule has 1 rings (SSSR count). The topological polar surface area (TPSA) is 61.8 Å². The van der Waals surface area contributed by atoms with Gasteiger partial charge in [0.05, 0.1) is 18.4 Å². The highest BCUT2D eigenvalue weighted by molar-refractivity contribution is 7.53. The van der Waals surface area contributed by atoms with E-state index in [4.69, 9.17) is 25.4 Å². The van der Waals surface area contributed by atoms with Crippen molar-refractivity contribution in [2.45, 2.75) is 46.0 Å². The van der Waals surface area contributed by atoms with Crippen LogP contribution in [0.1, 0.15) is 38.7 Å². The Labute approximate surface area is 140 Å². The Morgan fingerprint density at radius 2 is 1.86 bits per heavy atom. The number of carbonyl (C=O) groups is 1. The second kappa shape index (κ2) is 9.04. The van der Waals surface area contributed by atoms with E-state index in [-0.39, 0.29) is 24.2 Å². The smallest absolute Gasteiger partial charge is 0.335 e. The van der Waals surface area contributed by atoms with Crippen LogP contribution in [-0.4, -0.2) is 30.2 Å². The first-order valence-corrected chi connectivity index (χ1v) is 10.1. The lowest BCUT2D eigenvalue weighted by molar-refractivity contribution is -0.145. The molecule has 8 heteroatoms. The van der Waals surface area contributed by atoms with E-state index in [0.717, 1.165) is 4.88 Å². The number of halogens is 1. The zero-order valence-corrected chi connectivity index (χ0v) is 15.6. The molecule has 0 saturated carbocycles. The molecule has 22 heavy (non-hydrogen) atoms. The predicted molar refractivity (Wildman–Crippen MR) is 88.8 cm³/mol. The van der Waals surface area contributed by atoms with E-state index in [2.05, 4.69) is 0 Å². The highest BCUT2D eigenvalue weighted by Gasteiger charge is 2.34. The van der Waals surface area contributed by atoms with Crippen LogP contribution in [0.2, 0.25) is 0 Å². The number of thiophene rings is 1. The van der Waals surface area contributed by atoms with Gasteiger partial charge in [-0.05, 0) is 39.1 Å². The molecule has 0 amide bonds. The number of alkyl halides is 1. The van der Waals surface area contributed by atoms with E-state index < -0.39 is 19.7 Å². The third-order valence-electron chi connectivity index (χ3n) is 2.38. The van der Waals surface area contributed by atoms with Gasteiger partial charge in [0.1, 0.15) is 12.0 Å². The van der Waals surface area contributed by atoms with E-state index in [0.29, 0.717) is 0 Å². The number of hydrogen-bond acceptors (Lipinski definition) is 6. The molecule has 0 unspecified atom stereocenters. The fraction of sp³-hybridized carbons (Fsp3) is 0.643. The minimum absolute atomic E-state index is 0.0352. The number of esters is 1. The maximum absolute atomic E-state index is 12.9. The third-order valence-corrected chi connectivity index (χ3v) is 5.82. The fourth-order valence-electron chi connectivity index (χ4n) is 1.81. The second-order valence-electron chi connectivity index (χ2n) is 5.23. The summed E-state index contributed by atoms with van der Waals surface area (Å²) in [7, 11) is -3.41. The zero-order chi connectivity index (χ0) is 16.8. The van der Waals surface area contributed by atoms with Crippen molar-refractivity contribution in [2.75, 3.05) is 12.0 Å². The highest BCUT2D eigenvalue weighted by Crippen LogP contribution is 2.53. The largest absolute Gasteiger partial charge is 0.455 e. The van der Waals surface area contributed by atoms with Gasteiger partial charge in [0.15, 0.2) is 0 Å². The number of hydrogen-bond donors (Lipinski definition) is 0. The van der Waals surface area contributed by atoms with Crippen molar-refractivity contribution >= 4 is 36.5 Å². The predicted octanol–water partition coefficient (Wildman–Crippen LogP) is 4.61. The summed E-state index contributed by atoms with van der Waals surface area (Å²) >= 11 is 6.90. The summed E-state index contributed by atoms with van der Waals surface area (Å²) in [6.45, 7) is 7.12. The molecular formula is C14H22ClO5PS. The third kappa shape index (κ3) is 6.80. The van der Waals surface area contributed by atoms with Gasteiger partial charge in [-0.3, -0.25) is 9.36 Å². The van der Waals surface area contributed by atoms with Crippen LogP contribution in [0.15, 0.2) is 17.5 Å². The summed E-state index contributed by atoms with van der Waals surface area (Å²) in [4.78, 5) is 12.3. The van der Waals surface area contributed by atoms with Gasteiger partial charge in [-0.15, -0.1) is 22.9 Å². The lowest BCUT2D eigenvalue weighted by atomic mass is 10.3. The highest BCUT2D eigenvalue weighted by atomic mass is 35.5. The van der Waals surface area contributed by atoms with Gasteiger partial charge in [-0.2, -0.15) is 0 Å². The monoisotopic (exact) mass is 368 g/mol. The molecule has 0 aliphatic carbocycles. The SMILES string of the molecule is CC(C)OP(=O)(C[C@@H](OC(=O)CCl)c1cccs1)OC(C)C. The van der Waals surface area contributed by atoms with E-state index >= 15 is 0 Å². The maximum atomic E-state index is 12.9. The molecule has 0 bridgehead atoms. The summed E-state index contributed by atoms with van der Waals surface area (Å²) in [5.74, 6) is -0.830. The first kappa shape index (κ1) is 19.7. The number of carbonyl (C=O) groups excluding carboxylic acids is 1. The lowest BCUT2D eigenvalue weighted by Crippen LogP contribution is -2.19. The summed E-state index contributed by atoms with van der Waals surface area (Å²) in [6, 6.07) is 3.64. The van der Waals surface area contributed by atoms with Crippen molar-refractivity contribution in [1.29, 1.82) is 0 Å². The van der Waals surface area contributed by atoms with Crippen LogP contribution >= 0.6 is 30.5 Å². The van der Waals surface area contributed by atoms with Crippen LogP contribution < -0.4 is 0 Å². The fourth-order valence-corrected chi connectivity index (χ4v) is 4.93. The number of ether oxygens (including phenoxy) is 1. The molecule has 5 nitrogen and oxygen atoms in total. The number of rotatable bonds is 9. The van der Waals surface area contributed by atoms with Gasteiger partial charge >= 0.3 is 13.6 Å². The van der Waals surface area contributed by atoms with Crippen molar-refractivity contribution in [3.05, 3.63) is 22.4 Å². The molecule has 0 radical (unpaired) electrons. The summed E-state index contributed by atoms with van der Waals surface area (Å²) < 4.78 is 29.3. The Morgan fingerprint density at radius 3 is 2.27 bits per heavy atom. The molecular weight excluding hydrogens is 347 g/mol. The van der Waals surface area contributed by atoms with E-state index in [1.54, 1.807) is 27.7 Å². The molecule has 1 atom stereocenters. The summed E-state index contributed by atoms with van der Waals surface area (Å²) in [6.07, 6.45) is -1.27. The van der Waals surface area contributed by atoms with E-state index in [1.807, 2.05) is 17.5 Å². The van der Waals surface area contributed by atoms with Gasteiger partial charge < -0.3 is 13.8 Å². The molecule has 1 heterocycles. The maximum Gasteiger partial charge on any atom is 0.335 e. The standard InChI is InChI=1S/C14H22ClO5PS/c1-10(2)19-21(17,20-11(3)4)9-12(18-14(16)8-15)13-6-5-7-22-13/h5-7,10-12H,8-9H2,1-4H3/t12-/m1/s1. The lowest BCUT2D eigenvalue weighted by Gasteiger charge is -2.26. The minimum Gasteiger partial charge on any atom is -0.455 e. The Bertz CT molecular complexity index is 489. The Kier molecular flexibility index (Phi) is 8.08. The van der Waals surface area contributed by atoms with Crippen molar-refractivity contribution in [1.82, 2.24) is 0 Å². The van der Waals surface area contributed by atoms with Crippen LogP contribution in [0.25, 0.3) is 0 Å². The van der Waals surface area contributed by atoms with Crippen LogP contribution in [0, 0.1) is 0 Å². The average molecular weight is 369 g/mol. The van der Waals surface area contributed by atoms with Gasteiger partial charge in [-0.25, -0.2) is 0 Å². The summed E-state index contributed by atoms with van der Waals surface area (Å²) in [5, 5.41) is 1.86. The van der Waals surface area contributed by atoms with Gasteiger partial charge in [0.25, 0.3) is 0 Å². The van der Waals surface area contributed by atoms with Crippen LogP contribution in [0.5, 0.6) is 0 Å². The van der Waals surface area contributed by atoms with Crippen LogP contribution in [0.3, 0.4) is 0 Å². The molecule has 0 aromatic carbocycles. The van der Waals surface area contributed by atoms with Gasteiger partial charge in [-0.1, -0.05) is 6.07 Å². The zero-order valence-electron chi connectivity index (χ0n) is 13.2. The molecule has 0 spiro atoms. The van der Waals surface area contributed by atoms with Crippen molar-refractivity contribution in [3.63, 3.8) is 0 Å². The quantitative estimate of drug-likeness (QED) is 0.361. The minimum atomic E-state index is -3.41. The summed E-state index contributed by atoms with van der Waals surface area (Å²) in [5.41, 5.74) is 0. The molecule has 1 aromatic heterocycles. The molecule has 0 aliphatic heterocycles. The second-order valence-corrected chi connectivity index (χ2v) is 8.48. The average Bonchev–Trinajstić information content (AvgIpc) is 2.89. The molecule has 0 saturated heterocycles. The molecule has 0 aliphatic rings. The van der Waals surface area contributed by atoms with Crippen molar-refractivity contribution in [3.8, 4) is 0 Å².